The second-order valence-electron chi connectivity index (χ2n) is 5.89. The van der Waals surface area contributed by atoms with E-state index in [1.165, 1.54) is 20.7 Å². The van der Waals surface area contributed by atoms with E-state index in [-0.39, 0.29) is 5.56 Å². The van der Waals surface area contributed by atoms with Crippen molar-refractivity contribution in [3.63, 3.8) is 0 Å². The summed E-state index contributed by atoms with van der Waals surface area (Å²) in [6.45, 7) is 0. The van der Waals surface area contributed by atoms with E-state index < -0.39 is 0 Å². The van der Waals surface area contributed by atoms with Gasteiger partial charge in [-0.25, -0.2) is 0 Å². The maximum absolute atomic E-state index is 12.7. The van der Waals surface area contributed by atoms with E-state index in [0.29, 0.717) is 26.8 Å². The molecule has 2 aromatic heterocycles. The fraction of sp³-hybridized carbons (Fsp3) is 0.150. The Morgan fingerprint density at radius 2 is 1.82 bits per heavy atom. The van der Waals surface area contributed by atoms with E-state index in [4.69, 9.17) is 9.47 Å². The van der Waals surface area contributed by atoms with Gasteiger partial charge >= 0.3 is 0 Å². The zero-order valence-corrected chi connectivity index (χ0v) is 17.1. The van der Waals surface area contributed by atoms with Crippen molar-refractivity contribution in [2.75, 3.05) is 20.5 Å². The highest BCUT2D eigenvalue weighted by molar-refractivity contribution is 7.98. The van der Waals surface area contributed by atoms with Crippen LogP contribution in [0.3, 0.4) is 0 Å². The van der Waals surface area contributed by atoms with Crippen molar-refractivity contribution in [1.29, 1.82) is 0 Å². The summed E-state index contributed by atoms with van der Waals surface area (Å²) in [7, 11) is 3.16. The van der Waals surface area contributed by atoms with E-state index in [9.17, 15) is 4.79 Å². The minimum Gasteiger partial charge on any atom is -0.493 e. The van der Waals surface area contributed by atoms with Gasteiger partial charge in [0.05, 0.1) is 18.8 Å². The quantitative estimate of drug-likeness (QED) is 0.470. The van der Waals surface area contributed by atoms with E-state index in [1.807, 2.05) is 42.7 Å². The molecule has 0 aliphatic carbocycles. The standard InChI is InChI=1S/C20H17N3O3S2/c1-25-15-9-6-13(11-16(15)26-2)18-21-20-23(22-18)19(24)17(28-20)10-12-4-7-14(27-3)8-5-12/h4-11H,1-3H3. The van der Waals surface area contributed by atoms with Crippen LogP contribution in [0.15, 0.2) is 52.2 Å². The van der Waals surface area contributed by atoms with Gasteiger partial charge in [-0.15, -0.1) is 16.9 Å². The van der Waals surface area contributed by atoms with Crippen LogP contribution in [0.2, 0.25) is 0 Å². The van der Waals surface area contributed by atoms with Crippen molar-refractivity contribution in [1.82, 2.24) is 14.6 Å². The molecule has 0 aliphatic heterocycles. The fourth-order valence-corrected chi connectivity index (χ4v) is 4.10. The zero-order valence-electron chi connectivity index (χ0n) is 15.5. The molecule has 8 heteroatoms. The minimum absolute atomic E-state index is 0.173. The predicted octanol–water partition coefficient (Wildman–Crippen LogP) is 3.10. The SMILES string of the molecule is COc1ccc(-c2nc3sc(=Cc4ccc(SC)cc4)c(=O)n3n2)cc1OC. The Morgan fingerprint density at radius 3 is 2.46 bits per heavy atom. The Morgan fingerprint density at radius 1 is 1.07 bits per heavy atom. The maximum atomic E-state index is 12.7. The minimum atomic E-state index is -0.173. The molecule has 0 radical (unpaired) electrons. The number of methoxy groups -OCH3 is 2. The summed E-state index contributed by atoms with van der Waals surface area (Å²) in [5.74, 6) is 1.68. The fourth-order valence-electron chi connectivity index (χ4n) is 2.78. The molecule has 0 aliphatic rings. The summed E-state index contributed by atoms with van der Waals surface area (Å²) in [5, 5.41) is 4.39. The summed E-state index contributed by atoms with van der Waals surface area (Å²) >= 11 is 3.00. The molecular formula is C20H17N3O3S2. The van der Waals surface area contributed by atoms with Crippen LogP contribution >= 0.6 is 23.1 Å². The van der Waals surface area contributed by atoms with E-state index in [2.05, 4.69) is 10.1 Å². The molecule has 2 aromatic carbocycles. The lowest BCUT2D eigenvalue weighted by molar-refractivity contribution is 0.355. The van der Waals surface area contributed by atoms with Crippen molar-refractivity contribution >= 4 is 34.1 Å². The number of nitrogens with zero attached hydrogens (tertiary/aromatic N) is 3. The Labute approximate surface area is 169 Å². The molecule has 0 atom stereocenters. The van der Waals surface area contributed by atoms with Gasteiger partial charge in [0.1, 0.15) is 0 Å². The van der Waals surface area contributed by atoms with Gasteiger partial charge in [0.25, 0.3) is 5.56 Å². The number of ether oxygens (including phenoxy) is 2. The first-order valence-corrected chi connectivity index (χ1v) is 10.4. The predicted molar refractivity (Wildman–Crippen MR) is 113 cm³/mol. The molecule has 142 valence electrons. The maximum Gasteiger partial charge on any atom is 0.291 e. The number of rotatable bonds is 5. The molecule has 2 heterocycles. The summed E-state index contributed by atoms with van der Waals surface area (Å²) in [5.41, 5.74) is 1.55. The average molecular weight is 412 g/mol. The number of hydrogen-bond donors (Lipinski definition) is 0. The number of fused-ring (bicyclic) bond motifs is 1. The average Bonchev–Trinajstić information content (AvgIpc) is 3.27. The monoisotopic (exact) mass is 411 g/mol. The van der Waals surface area contributed by atoms with Crippen molar-refractivity contribution in [2.24, 2.45) is 0 Å². The van der Waals surface area contributed by atoms with Gasteiger partial charge in [-0.1, -0.05) is 23.5 Å². The van der Waals surface area contributed by atoms with E-state index in [0.717, 1.165) is 11.1 Å². The molecule has 4 aromatic rings. The van der Waals surface area contributed by atoms with Crippen LogP contribution in [0.4, 0.5) is 0 Å². The number of thioether (sulfide) groups is 1. The third kappa shape index (κ3) is 3.36. The van der Waals surface area contributed by atoms with Gasteiger partial charge in [0.2, 0.25) is 4.96 Å². The number of thiazole rings is 1. The summed E-state index contributed by atoms with van der Waals surface area (Å²) in [6.07, 6.45) is 3.90. The molecule has 0 spiro atoms. The molecule has 0 amide bonds. The third-order valence-electron chi connectivity index (χ3n) is 4.24. The van der Waals surface area contributed by atoms with Crippen LogP contribution in [-0.4, -0.2) is 35.1 Å². The van der Waals surface area contributed by atoms with E-state index >= 15 is 0 Å². The molecule has 0 saturated heterocycles. The topological polar surface area (TPSA) is 65.7 Å². The highest BCUT2D eigenvalue weighted by Gasteiger charge is 2.14. The number of hydrogen-bond acceptors (Lipinski definition) is 7. The normalized spacial score (nSPS) is 11.9. The first-order chi connectivity index (χ1) is 13.6. The molecule has 0 bridgehead atoms. The number of aromatic nitrogens is 3. The second kappa shape index (κ2) is 7.65. The molecule has 0 unspecified atom stereocenters. The first-order valence-electron chi connectivity index (χ1n) is 8.40. The molecule has 6 nitrogen and oxygen atoms in total. The Balaban J connectivity index is 1.74. The van der Waals surface area contributed by atoms with Crippen molar-refractivity contribution in [3.8, 4) is 22.9 Å². The Bertz CT molecular complexity index is 1250. The smallest absolute Gasteiger partial charge is 0.291 e. The van der Waals surface area contributed by atoms with Gasteiger partial charge in [-0.2, -0.15) is 9.50 Å². The highest BCUT2D eigenvalue weighted by Crippen LogP contribution is 2.31. The van der Waals surface area contributed by atoms with Crippen LogP contribution < -0.4 is 19.6 Å². The lowest BCUT2D eigenvalue weighted by Crippen LogP contribution is -2.23. The van der Waals surface area contributed by atoms with Crippen molar-refractivity contribution in [2.45, 2.75) is 4.90 Å². The van der Waals surface area contributed by atoms with Crippen LogP contribution in [0, 0.1) is 0 Å². The van der Waals surface area contributed by atoms with Crippen LogP contribution in [0.25, 0.3) is 22.4 Å². The van der Waals surface area contributed by atoms with Gasteiger partial charge < -0.3 is 9.47 Å². The van der Waals surface area contributed by atoms with Crippen LogP contribution in [-0.2, 0) is 0 Å². The lowest BCUT2D eigenvalue weighted by atomic mass is 10.2. The number of benzene rings is 2. The summed E-state index contributed by atoms with van der Waals surface area (Å²) in [4.78, 5) is 19.0. The molecule has 4 rings (SSSR count). The molecule has 0 fully saturated rings. The second-order valence-corrected chi connectivity index (χ2v) is 7.78. The molecule has 0 saturated carbocycles. The Hall–Kier alpha value is -2.84. The van der Waals surface area contributed by atoms with Crippen LogP contribution in [0.1, 0.15) is 5.56 Å². The van der Waals surface area contributed by atoms with Gasteiger partial charge in [0.15, 0.2) is 17.3 Å². The molecule has 28 heavy (non-hydrogen) atoms. The Kier molecular flexibility index (Phi) is 5.06. The highest BCUT2D eigenvalue weighted by atomic mass is 32.2. The van der Waals surface area contributed by atoms with Gasteiger partial charge in [-0.05, 0) is 48.2 Å². The van der Waals surface area contributed by atoms with Gasteiger partial charge in [-0.3, -0.25) is 4.79 Å². The summed E-state index contributed by atoms with van der Waals surface area (Å²) < 4.78 is 12.5. The first kappa shape index (κ1) is 18.5. The molecular weight excluding hydrogens is 394 g/mol. The van der Waals surface area contributed by atoms with E-state index in [1.54, 1.807) is 38.1 Å². The zero-order chi connectivity index (χ0) is 19.7. The van der Waals surface area contributed by atoms with Gasteiger partial charge in [0, 0.05) is 10.5 Å². The van der Waals surface area contributed by atoms with Crippen molar-refractivity contribution < 1.29 is 9.47 Å². The third-order valence-corrected chi connectivity index (χ3v) is 5.94. The largest absolute Gasteiger partial charge is 0.493 e. The molecule has 0 N–H and O–H groups in total. The van der Waals surface area contributed by atoms with Crippen molar-refractivity contribution in [3.05, 3.63) is 62.9 Å². The van der Waals surface area contributed by atoms with Crippen LogP contribution in [0.5, 0.6) is 11.5 Å². The summed E-state index contributed by atoms with van der Waals surface area (Å²) in [6, 6.07) is 13.5. The lowest BCUT2D eigenvalue weighted by Gasteiger charge is -2.07.